The Morgan fingerprint density at radius 2 is 1.96 bits per heavy atom. The zero-order valence-corrected chi connectivity index (χ0v) is 16.9. The highest BCUT2D eigenvalue weighted by atomic mass is 32.2. The van der Waals surface area contributed by atoms with Crippen LogP contribution >= 0.6 is 11.8 Å². The Labute approximate surface area is 169 Å². The predicted molar refractivity (Wildman–Crippen MR) is 111 cm³/mol. The van der Waals surface area contributed by atoms with Gasteiger partial charge >= 0.3 is 0 Å². The summed E-state index contributed by atoms with van der Waals surface area (Å²) in [6.07, 6.45) is 2.14. The van der Waals surface area contributed by atoms with Gasteiger partial charge in [0.25, 0.3) is 0 Å². The number of primary amides is 1. The van der Waals surface area contributed by atoms with E-state index in [-0.39, 0.29) is 0 Å². The number of amides is 1. The highest BCUT2D eigenvalue weighted by molar-refractivity contribution is 7.98. The van der Waals surface area contributed by atoms with Crippen molar-refractivity contribution in [3.8, 4) is 17.1 Å². The van der Waals surface area contributed by atoms with Crippen LogP contribution in [0.1, 0.15) is 35.7 Å². The van der Waals surface area contributed by atoms with Crippen LogP contribution in [0.5, 0.6) is 5.75 Å². The third-order valence-electron chi connectivity index (χ3n) is 4.38. The highest BCUT2D eigenvalue weighted by Gasteiger charge is 2.14. The summed E-state index contributed by atoms with van der Waals surface area (Å²) in [6.45, 7) is 3.02. The van der Waals surface area contributed by atoms with Gasteiger partial charge < -0.3 is 15.0 Å². The number of unbranched alkanes of at least 4 members (excludes halogenated alkanes) is 1. The Balaban J connectivity index is 1.83. The Bertz CT molecular complexity index is 938. The molecule has 28 heavy (non-hydrogen) atoms. The van der Waals surface area contributed by atoms with Gasteiger partial charge in [0.2, 0.25) is 5.91 Å². The first-order valence-corrected chi connectivity index (χ1v) is 10.2. The first kappa shape index (κ1) is 19.9. The van der Waals surface area contributed by atoms with Crippen molar-refractivity contribution in [2.75, 3.05) is 7.11 Å². The first-order chi connectivity index (χ1) is 13.6. The van der Waals surface area contributed by atoms with Crippen LogP contribution in [0.2, 0.25) is 0 Å². The topological polar surface area (TPSA) is 83.0 Å². The predicted octanol–water partition coefficient (Wildman–Crippen LogP) is 4.15. The number of benzene rings is 2. The molecule has 1 aromatic heterocycles. The fraction of sp³-hybridized carbons (Fsp3) is 0.286. The lowest BCUT2D eigenvalue weighted by Gasteiger charge is -2.10. The number of nitrogens with two attached hydrogens (primary N) is 1. The minimum Gasteiger partial charge on any atom is -0.497 e. The summed E-state index contributed by atoms with van der Waals surface area (Å²) >= 11 is 1.61. The molecule has 0 bridgehead atoms. The molecule has 0 fully saturated rings. The van der Waals surface area contributed by atoms with Crippen molar-refractivity contribution in [1.29, 1.82) is 0 Å². The van der Waals surface area contributed by atoms with Crippen molar-refractivity contribution in [3.05, 3.63) is 59.7 Å². The van der Waals surface area contributed by atoms with Crippen molar-refractivity contribution in [2.24, 2.45) is 5.73 Å². The molecular formula is C21H24N4O2S. The van der Waals surface area contributed by atoms with Crippen LogP contribution in [0, 0.1) is 0 Å². The van der Waals surface area contributed by atoms with Crippen LogP contribution in [-0.2, 0) is 12.3 Å². The number of rotatable bonds is 9. The van der Waals surface area contributed by atoms with Gasteiger partial charge in [-0.05, 0) is 48.4 Å². The summed E-state index contributed by atoms with van der Waals surface area (Å²) in [6, 6.07) is 15.2. The van der Waals surface area contributed by atoms with Gasteiger partial charge in [0, 0.05) is 23.4 Å². The van der Waals surface area contributed by atoms with E-state index in [9.17, 15) is 4.79 Å². The van der Waals surface area contributed by atoms with Crippen LogP contribution in [-0.4, -0.2) is 27.8 Å². The molecule has 0 saturated heterocycles. The summed E-state index contributed by atoms with van der Waals surface area (Å²) in [7, 11) is 1.65. The zero-order chi connectivity index (χ0) is 19.9. The number of carbonyl (C=O) groups excluding carboxylic acids is 1. The molecular weight excluding hydrogens is 372 g/mol. The number of hydrogen-bond donors (Lipinski definition) is 1. The summed E-state index contributed by atoms with van der Waals surface area (Å²) < 4.78 is 7.40. The quantitative estimate of drug-likeness (QED) is 0.550. The van der Waals surface area contributed by atoms with E-state index >= 15 is 0 Å². The van der Waals surface area contributed by atoms with Crippen molar-refractivity contribution < 1.29 is 9.53 Å². The molecule has 1 amide bonds. The maximum Gasteiger partial charge on any atom is 0.248 e. The van der Waals surface area contributed by atoms with Crippen LogP contribution in [0.15, 0.2) is 53.7 Å². The summed E-state index contributed by atoms with van der Waals surface area (Å²) in [5.41, 5.74) is 7.93. The molecule has 0 saturated carbocycles. The zero-order valence-electron chi connectivity index (χ0n) is 16.1. The summed E-state index contributed by atoms with van der Waals surface area (Å²) in [5.74, 6) is 1.94. The van der Waals surface area contributed by atoms with Gasteiger partial charge in [-0.1, -0.05) is 37.2 Å². The monoisotopic (exact) mass is 396 g/mol. The molecule has 7 heteroatoms. The van der Waals surface area contributed by atoms with Crippen LogP contribution in [0.3, 0.4) is 0 Å². The molecule has 0 atom stereocenters. The molecule has 3 aromatic rings. The molecule has 146 valence electrons. The Kier molecular flexibility index (Phi) is 6.71. The average Bonchev–Trinajstić information content (AvgIpc) is 3.13. The highest BCUT2D eigenvalue weighted by Crippen LogP contribution is 2.28. The number of thioether (sulfide) groups is 1. The van der Waals surface area contributed by atoms with Crippen LogP contribution < -0.4 is 10.5 Å². The lowest BCUT2D eigenvalue weighted by atomic mass is 10.1. The van der Waals surface area contributed by atoms with E-state index in [1.807, 2.05) is 42.5 Å². The van der Waals surface area contributed by atoms with Gasteiger partial charge in [-0.2, -0.15) is 0 Å². The molecule has 2 aromatic carbocycles. The summed E-state index contributed by atoms with van der Waals surface area (Å²) in [4.78, 5) is 11.4. The van der Waals surface area contributed by atoms with E-state index < -0.39 is 5.91 Å². The number of nitrogens with zero attached hydrogens (tertiary/aromatic N) is 3. The van der Waals surface area contributed by atoms with Crippen molar-refractivity contribution in [1.82, 2.24) is 14.8 Å². The van der Waals surface area contributed by atoms with E-state index in [0.29, 0.717) is 11.3 Å². The largest absolute Gasteiger partial charge is 0.497 e. The van der Waals surface area contributed by atoms with Gasteiger partial charge in [-0.25, -0.2) is 0 Å². The van der Waals surface area contributed by atoms with Crippen molar-refractivity contribution in [2.45, 2.75) is 37.2 Å². The SMILES string of the molecule is CCCCn1c(SCc2cccc(C(N)=O)c2)nnc1-c1ccc(OC)cc1. The molecule has 6 nitrogen and oxygen atoms in total. The van der Waals surface area contributed by atoms with Gasteiger partial charge in [0.15, 0.2) is 11.0 Å². The van der Waals surface area contributed by atoms with Crippen molar-refractivity contribution >= 4 is 17.7 Å². The number of methoxy groups -OCH3 is 1. The molecule has 0 radical (unpaired) electrons. The lowest BCUT2D eigenvalue weighted by Crippen LogP contribution is -2.10. The van der Waals surface area contributed by atoms with E-state index in [4.69, 9.17) is 10.5 Å². The van der Waals surface area contributed by atoms with Gasteiger partial charge in [-0.15, -0.1) is 10.2 Å². The normalized spacial score (nSPS) is 10.8. The van der Waals surface area contributed by atoms with Gasteiger partial charge in [-0.3, -0.25) is 4.79 Å². The fourth-order valence-electron chi connectivity index (χ4n) is 2.83. The van der Waals surface area contributed by atoms with E-state index in [1.165, 1.54) is 0 Å². The lowest BCUT2D eigenvalue weighted by molar-refractivity contribution is 0.1000. The van der Waals surface area contributed by atoms with Crippen molar-refractivity contribution in [3.63, 3.8) is 0 Å². The smallest absolute Gasteiger partial charge is 0.248 e. The standard InChI is InChI=1S/C21H24N4O2S/c1-3-4-12-25-20(16-8-10-18(27-2)11-9-16)23-24-21(25)28-14-15-6-5-7-17(13-15)19(22)26/h5-11,13H,3-4,12,14H2,1-2H3,(H2,22,26). The number of hydrogen-bond acceptors (Lipinski definition) is 5. The molecule has 1 heterocycles. The molecule has 0 aliphatic carbocycles. The Hall–Kier alpha value is -2.80. The molecule has 0 aliphatic heterocycles. The molecule has 0 aliphatic rings. The molecule has 2 N–H and O–H groups in total. The number of carbonyl (C=O) groups is 1. The second kappa shape index (κ2) is 9.41. The van der Waals surface area contributed by atoms with E-state index in [0.717, 1.165) is 47.2 Å². The van der Waals surface area contributed by atoms with E-state index in [1.54, 1.807) is 24.9 Å². The number of aromatic nitrogens is 3. The maximum absolute atomic E-state index is 11.4. The maximum atomic E-state index is 11.4. The minimum atomic E-state index is -0.417. The second-order valence-electron chi connectivity index (χ2n) is 6.39. The molecule has 3 rings (SSSR count). The van der Waals surface area contributed by atoms with Gasteiger partial charge in [0.05, 0.1) is 7.11 Å². The second-order valence-corrected chi connectivity index (χ2v) is 7.34. The van der Waals surface area contributed by atoms with Gasteiger partial charge in [0.1, 0.15) is 5.75 Å². The Morgan fingerprint density at radius 1 is 1.18 bits per heavy atom. The summed E-state index contributed by atoms with van der Waals surface area (Å²) in [5, 5.41) is 9.71. The average molecular weight is 397 g/mol. The third kappa shape index (κ3) is 4.72. The molecule has 0 unspecified atom stereocenters. The third-order valence-corrected chi connectivity index (χ3v) is 5.42. The minimum absolute atomic E-state index is 0.417. The number of ether oxygens (including phenoxy) is 1. The first-order valence-electron chi connectivity index (χ1n) is 9.21. The fourth-order valence-corrected chi connectivity index (χ4v) is 3.74. The van der Waals surface area contributed by atoms with Crippen LogP contribution in [0.4, 0.5) is 0 Å². The van der Waals surface area contributed by atoms with Crippen LogP contribution in [0.25, 0.3) is 11.4 Å². The Morgan fingerprint density at radius 3 is 2.64 bits per heavy atom. The van der Waals surface area contributed by atoms with E-state index in [2.05, 4.69) is 21.7 Å². The molecule has 0 spiro atoms.